The maximum absolute atomic E-state index is 12.1. The van der Waals surface area contributed by atoms with E-state index in [1.807, 2.05) is 32.0 Å². The van der Waals surface area contributed by atoms with Crippen LogP contribution < -0.4 is 16.0 Å². The minimum atomic E-state index is -0.379. The summed E-state index contributed by atoms with van der Waals surface area (Å²) in [5, 5.41) is 10.4. The molecule has 0 fully saturated rings. The lowest BCUT2D eigenvalue weighted by molar-refractivity contribution is 0.249. The fourth-order valence-corrected chi connectivity index (χ4v) is 2.33. The Hall–Kier alpha value is -1.56. The molecule has 0 aliphatic carbocycles. The molecule has 104 valence electrons. The van der Waals surface area contributed by atoms with Crippen molar-refractivity contribution in [3.63, 3.8) is 0 Å². The molecular formula is C13H19BrN4O. The van der Waals surface area contributed by atoms with Crippen molar-refractivity contribution in [2.45, 2.75) is 26.7 Å². The van der Waals surface area contributed by atoms with Gasteiger partial charge in [-0.2, -0.15) is 0 Å². The number of para-hydroxylation sites is 1. The lowest BCUT2D eigenvalue weighted by atomic mass is 10.2. The topological polar surface area (TPSA) is 82.2 Å². The fourth-order valence-electron chi connectivity index (χ4n) is 1.69. The van der Waals surface area contributed by atoms with Crippen molar-refractivity contribution in [1.29, 1.82) is 5.41 Å². The van der Waals surface area contributed by atoms with Gasteiger partial charge in [-0.05, 0) is 40.9 Å². The van der Waals surface area contributed by atoms with Crippen LogP contribution in [-0.4, -0.2) is 18.5 Å². The predicted octanol–water partition coefficient (Wildman–Crippen LogP) is 2.97. The Bertz CT molecular complexity index is 455. The van der Waals surface area contributed by atoms with Crippen molar-refractivity contribution in [2.75, 3.05) is 11.4 Å². The summed E-state index contributed by atoms with van der Waals surface area (Å²) in [4.78, 5) is 13.3. The van der Waals surface area contributed by atoms with E-state index in [4.69, 9.17) is 11.1 Å². The van der Waals surface area contributed by atoms with Crippen LogP contribution in [0.1, 0.15) is 25.3 Å². The number of anilines is 1. The third-order valence-corrected chi connectivity index (χ3v) is 3.30. The van der Waals surface area contributed by atoms with E-state index in [1.54, 1.807) is 0 Å². The Morgan fingerprint density at radius 2 is 2.21 bits per heavy atom. The molecule has 4 N–H and O–H groups in total. The second-order valence-electron chi connectivity index (χ2n) is 4.21. The van der Waals surface area contributed by atoms with Crippen LogP contribution in [-0.2, 0) is 0 Å². The van der Waals surface area contributed by atoms with Crippen molar-refractivity contribution in [1.82, 2.24) is 5.32 Å². The maximum Gasteiger partial charge on any atom is 0.328 e. The van der Waals surface area contributed by atoms with E-state index in [9.17, 15) is 4.79 Å². The number of nitrogens with zero attached hydrogens (tertiary/aromatic N) is 1. The SMILES string of the molecule is CCCCNC(=O)N(C(=N)N)c1c(C)cccc1Br. The number of guanidine groups is 1. The number of urea groups is 1. The number of nitrogens with two attached hydrogens (primary N) is 1. The van der Waals surface area contributed by atoms with E-state index >= 15 is 0 Å². The van der Waals surface area contributed by atoms with Gasteiger partial charge in [0.15, 0.2) is 0 Å². The number of nitrogens with one attached hydrogen (secondary N) is 2. The lowest BCUT2D eigenvalue weighted by Crippen LogP contribution is -2.47. The zero-order chi connectivity index (χ0) is 14.4. The van der Waals surface area contributed by atoms with Crippen molar-refractivity contribution in [2.24, 2.45) is 5.73 Å². The molecule has 0 atom stereocenters. The average Bonchev–Trinajstić information content (AvgIpc) is 2.33. The van der Waals surface area contributed by atoms with E-state index in [0.29, 0.717) is 12.2 Å². The summed E-state index contributed by atoms with van der Waals surface area (Å²) in [6, 6.07) is 5.18. The van der Waals surface area contributed by atoms with Crippen molar-refractivity contribution in [3.05, 3.63) is 28.2 Å². The van der Waals surface area contributed by atoms with Gasteiger partial charge in [0.1, 0.15) is 0 Å². The Morgan fingerprint density at radius 1 is 1.53 bits per heavy atom. The monoisotopic (exact) mass is 326 g/mol. The van der Waals surface area contributed by atoms with Gasteiger partial charge >= 0.3 is 6.03 Å². The summed E-state index contributed by atoms with van der Waals surface area (Å²) in [7, 11) is 0. The third-order valence-electron chi connectivity index (χ3n) is 2.66. The highest BCUT2D eigenvalue weighted by atomic mass is 79.9. The zero-order valence-corrected chi connectivity index (χ0v) is 12.8. The molecule has 0 aromatic heterocycles. The quantitative estimate of drug-likeness (QED) is 0.451. The van der Waals surface area contributed by atoms with Crippen LogP contribution in [0.4, 0.5) is 10.5 Å². The second-order valence-corrected chi connectivity index (χ2v) is 5.07. The highest BCUT2D eigenvalue weighted by Crippen LogP contribution is 2.29. The largest absolute Gasteiger partial charge is 0.369 e. The van der Waals surface area contributed by atoms with Gasteiger partial charge < -0.3 is 11.1 Å². The molecule has 5 nitrogen and oxygen atoms in total. The normalized spacial score (nSPS) is 10.1. The Kier molecular flexibility index (Phi) is 5.82. The van der Waals surface area contributed by atoms with Crippen molar-refractivity contribution in [3.8, 4) is 0 Å². The molecule has 1 aromatic rings. The minimum absolute atomic E-state index is 0.302. The number of halogens is 1. The van der Waals surface area contributed by atoms with Crippen LogP contribution in [0, 0.1) is 12.3 Å². The molecule has 0 aliphatic rings. The van der Waals surface area contributed by atoms with E-state index in [1.165, 1.54) is 4.90 Å². The summed E-state index contributed by atoms with van der Waals surface area (Å²) in [6.45, 7) is 4.49. The first-order valence-electron chi connectivity index (χ1n) is 6.16. The fraction of sp³-hybridized carbons (Fsp3) is 0.385. The molecule has 19 heavy (non-hydrogen) atoms. The average molecular weight is 327 g/mol. The molecule has 6 heteroatoms. The number of hydrogen-bond acceptors (Lipinski definition) is 2. The zero-order valence-electron chi connectivity index (χ0n) is 11.2. The third kappa shape index (κ3) is 3.96. The number of amides is 2. The highest BCUT2D eigenvalue weighted by molar-refractivity contribution is 9.10. The van der Waals surface area contributed by atoms with Crippen LogP contribution in [0.3, 0.4) is 0 Å². The number of carbonyl (C=O) groups excluding carboxylic acids is 1. The maximum atomic E-state index is 12.1. The van der Waals surface area contributed by atoms with Gasteiger partial charge in [-0.25, -0.2) is 9.69 Å². The number of rotatable bonds is 4. The standard InChI is InChI=1S/C13H19BrN4O/c1-3-4-8-17-13(19)18(12(15)16)11-9(2)6-5-7-10(11)14/h5-7H,3-4,8H2,1-2H3,(H3,15,16)(H,17,19). The molecule has 0 heterocycles. The second kappa shape index (κ2) is 7.13. The molecule has 0 spiro atoms. The van der Waals surface area contributed by atoms with Crippen LogP contribution in [0.5, 0.6) is 0 Å². The molecular weight excluding hydrogens is 308 g/mol. The van der Waals surface area contributed by atoms with Gasteiger partial charge in [-0.1, -0.05) is 25.5 Å². The number of benzene rings is 1. The van der Waals surface area contributed by atoms with Gasteiger partial charge in [0.25, 0.3) is 0 Å². The Balaban J connectivity index is 3.01. The predicted molar refractivity (Wildman–Crippen MR) is 81.6 cm³/mol. The number of aryl methyl sites for hydroxylation is 1. The summed E-state index contributed by atoms with van der Waals surface area (Å²) >= 11 is 3.39. The smallest absolute Gasteiger partial charge is 0.328 e. The van der Waals surface area contributed by atoms with Gasteiger partial charge in [-0.15, -0.1) is 0 Å². The van der Waals surface area contributed by atoms with E-state index in [-0.39, 0.29) is 12.0 Å². The molecule has 0 radical (unpaired) electrons. The summed E-state index contributed by atoms with van der Waals surface area (Å²) in [5.74, 6) is -0.302. The van der Waals surface area contributed by atoms with Crippen LogP contribution >= 0.6 is 15.9 Å². The molecule has 0 saturated carbocycles. The van der Waals surface area contributed by atoms with Crippen molar-refractivity contribution < 1.29 is 4.79 Å². The molecule has 1 rings (SSSR count). The molecule has 0 aliphatic heterocycles. The molecule has 0 unspecified atom stereocenters. The minimum Gasteiger partial charge on any atom is -0.369 e. The first kappa shape index (κ1) is 15.5. The summed E-state index contributed by atoms with van der Waals surface area (Å²) in [5.41, 5.74) is 7.01. The van der Waals surface area contributed by atoms with Crippen LogP contribution in [0.15, 0.2) is 22.7 Å². The molecule has 1 aromatic carbocycles. The van der Waals surface area contributed by atoms with E-state index in [2.05, 4.69) is 21.2 Å². The van der Waals surface area contributed by atoms with E-state index in [0.717, 1.165) is 22.9 Å². The van der Waals surface area contributed by atoms with Crippen molar-refractivity contribution >= 4 is 33.6 Å². The Labute approximate surface area is 121 Å². The van der Waals surface area contributed by atoms with Gasteiger partial charge in [0, 0.05) is 11.0 Å². The molecule has 2 amide bonds. The van der Waals surface area contributed by atoms with Crippen LogP contribution in [0.2, 0.25) is 0 Å². The summed E-state index contributed by atoms with van der Waals surface area (Å²) < 4.78 is 0.730. The molecule has 0 saturated heterocycles. The number of carbonyl (C=O) groups is 1. The first-order chi connectivity index (χ1) is 8.99. The Morgan fingerprint density at radius 3 is 2.74 bits per heavy atom. The van der Waals surface area contributed by atoms with Crippen LogP contribution in [0.25, 0.3) is 0 Å². The number of hydrogen-bond donors (Lipinski definition) is 3. The number of unbranched alkanes of at least 4 members (excludes halogenated alkanes) is 1. The first-order valence-corrected chi connectivity index (χ1v) is 6.95. The highest BCUT2D eigenvalue weighted by Gasteiger charge is 2.22. The van der Waals surface area contributed by atoms with Gasteiger partial charge in [-0.3, -0.25) is 5.41 Å². The van der Waals surface area contributed by atoms with Gasteiger partial charge in [0.2, 0.25) is 5.96 Å². The van der Waals surface area contributed by atoms with Gasteiger partial charge in [0.05, 0.1) is 5.69 Å². The van der Waals surface area contributed by atoms with E-state index < -0.39 is 0 Å². The lowest BCUT2D eigenvalue weighted by Gasteiger charge is -2.24. The molecule has 0 bridgehead atoms. The summed E-state index contributed by atoms with van der Waals surface area (Å²) in [6.07, 6.45) is 1.89.